The van der Waals surface area contributed by atoms with Gasteiger partial charge in [0.25, 0.3) is 0 Å². The molecule has 0 radical (unpaired) electrons. The van der Waals surface area contributed by atoms with Gasteiger partial charge in [-0.2, -0.15) is 0 Å². The highest BCUT2D eigenvalue weighted by molar-refractivity contribution is 5.17. The summed E-state index contributed by atoms with van der Waals surface area (Å²) >= 11 is 0. The van der Waals surface area contributed by atoms with Gasteiger partial charge in [-0.3, -0.25) is 0 Å². The summed E-state index contributed by atoms with van der Waals surface area (Å²) in [6, 6.07) is 3.88. The van der Waals surface area contributed by atoms with Crippen molar-refractivity contribution in [2.24, 2.45) is 0 Å². The second-order valence-corrected chi connectivity index (χ2v) is 4.35. The fourth-order valence-corrected chi connectivity index (χ4v) is 1.54. The maximum Gasteiger partial charge on any atom is 0.213 e. The highest BCUT2D eigenvalue weighted by Gasteiger charge is 1.97. The first-order chi connectivity index (χ1) is 10.4. The summed E-state index contributed by atoms with van der Waals surface area (Å²) in [4.78, 5) is 4.24. The van der Waals surface area contributed by atoms with Crippen molar-refractivity contribution < 1.29 is 18.9 Å². The molecule has 0 aliphatic heterocycles. The highest BCUT2D eigenvalue weighted by atomic mass is 16.6. The molecule has 1 N–H and O–H groups in total. The third-order valence-corrected chi connectivity index (χ3v) is 2.66. The van der Waals surface area contributed by atoms with Crippen molar-refractivity contribution in [3.05, 3.63) is 23.9 Å². The van der Waals surface area contributed by atoms with Crippen molar-refractivity contribution in [2.75, 3.05) is 53.3 Å². The number of nitrogens with one attached hydrogen (secondary N) is 1. The minimum Gasteiger partial charge on any atom is -0.475 e. The zero-order valence-corrected chi connectivity index (χ0v) is 13.0. The Bertz CT molecular complexity index is 346. The van der Waals surface area contributed by atoms with E-state index in [2.05, 4.69) is 17.2 Å². The molecule has 0 amide bonds. The Hall–Kier alpha value is -1.21. The topological polar surface area (TPSA) is 61.8 Å². The van der Waals surface area contributed by atoms with Crippen molar-refractivity contribution in [2.45, 2.75) is 13.5 Å². The van der Waals surface area contributed by atoms with Gasteiger partial charge in [0.05, 0.1) is 33.0 Å². The van der Waals surface area contributed by atoms with E-state index in [1.165, 1.54) is 0 Å². The van der Waals surface area contributed by atoms with E-state index in [1.54, 1.807) is 7.11 Å². The van der Waals surface area contributed by atoms with Crippen molar-refractivity contribution in [1.29, 1.82) is 0 Å². The standard InChI is InChI=1S/C15H26N2O4/c1-3-16-12-14-4-5-15(17-13-14)21-11-10-20-9-8-19-7-6-18-2/h4-5,13,16H,3,6-12H2,1-2H3. The van der Waals surface area contributed by atoms with E-state index >= 15 is 0 Å². The number of methoxy groups -OCH3 is 1. The summed E-state index contributed by atoms with van der Waals surface area (Å²) in [6.45, 7) is 7.20. The number of nitrogens with zero attached hydrogens (tertiary/aromatic N) is 1. The molecule has 0 saturated heterocycles. The van der Waals surface area contributed by atoms with E-state index in [9.17, 15) is 0 Å². The van der Waals surface area contributed by atoms with Crippen LogP contribution in [0.15, 0.2) is 18.3 Å². The fourth-order valence-electron chi connectivity index (χ4n) is 1.54. The van der Waals surface area contributed by atoms with Crippen LogP contribution in [-0.4, -0.2) is 58.3 Å². The summed E-state index contributed by atoms with van der Waals surface area (Å²) in [5, 5.41) is 3.25. The van der Waals surface area contributed by atoms with Gasteiger partial charge >= 0.3 is 0 Å². The quantitative estimate of drug-likeness (QED) is 0.553. The molecule has 21 heavy (non-hydrogen) atoms. The van der Waals surface area contributed by atoms with Gasteiger partial charge in [-0.15, -0.1) is 0 Å². The molecule has 1 aromatic rings. The zero-order chi connectivity index (χ0) is 15.2. The van der Waals surface area contributed by atoms with Crippen LogP contribution in [-0.2, 0) is 20.8 Å². The second-order valence-electron chi connectivity index (χ2n) is 4.35. The molecular weight excluding hydrogens is 272 g/mol. The first-order valence-corrected chi connectivity index (χ1v) is 7.29. The van der Waals surface area contributed by atoms with Crippen LogP contribution in [0.5, 0.6) is 5.88 Å². The van der Waals surface area contributed by atoms with E-state index < -0.39 is 0 Å². The lowest BCUT2D eigenvalue weighted by atomic mass is 10.3. The van der Waals surface area contributed by atoms with E-state index in [0.717, 1.165) is 18.7 Å². The predicted molar refractivity (Wildman–Crippen MR) is 80.6 cm³/mol. The first kappa shape index (κ1) is 17.8. The van der Waals surface area contributed by atoms with Crippen LogP contribution >= 0.6 is 0 Å². The Morgan fingerprint density at radius 2 is 1.71 bits per heavy atom. The van der Waals surface area contributed by atoms with E-state index in [4.69, 9.17) is 18.9 Å². The van der Waals surface area contributed by atoms with Crippen LogP contribution in [0.25, 0.3) is 0 Å². The van der Waals surface area contributed by atoms with Gasteiger partial charge in [-0.25, -0.2) is 4.98 Å². The van der Waals surface area contributed by atoms with Gasteiger partial charge in [0.2, 0.25) is 5.88 Å². The Balaban J connectivity index is 1.99. The number of hydrogen-bond donors (Lipinski definition) is 1. The van der Waals surface area contributed by atoms with Gasteiger partial charge in [0.1, 0.15) is 6.61 Å². The molecule has 6 nitrogen and oxygen atoms in total. The van der Waals surface area contributed by atoms with Crippen molar-refractivity contribution >= 4 is 0 Å². The average molecular weight is 298 g/mol. The largest absolute Gasteiger partial charge is 0.475 e. The maximum atomic E-state index is 5.49. The van der Waals surface area contributed by atoms with Gasteiger partial charge in [0, 0.05) is 25.9 Å². The molecule has 0 aliphatic carbocycles. The van der Waals surface area contributed by atoms with Crippen LogP contribution in [0, 0.1) is 0 Å². The molecule has 0 spiro atoms. The third-order valence-electron chi connectivity index (χ3n) is 2.66. The lowest BCUT2D eigenvalue weighted by molar-refractivity contribution is 0.0176. The van der Waals surface area contributed by atoms with Gasteiger partial charge < -0.3 is 24.3 Å². The normalized spacial score (nSPS) is 10.8. The van der Waals surface area contributed by atoms with Gasteiger partial charge in [0.15, 0.2) is 0 Å². The molecule has 120 valence electrons. The molecule has 0 bridgehead atoms. The van der Waals surface area contributed by atoms with Gasteiger partial charge in [-0.05, 0) is 12.1 Å². The molecule has 0 aliphatic rings. The summed E-state index contributed by atoms with van der Waals surface area (Å²) in [5.74, 6) is 0.621. The summed E-state index contributed by atoms with van der Waals surface area (Å²) < 4.78 is 21.0. The van der Waals surface area contributed by atoms with E-state index in [0.29, 0.717) is 45.5 Å². The number of aromatic nitrogens is 1. The van der Waals surface area contributed by atoms with Crippen molar-refractivity contribution in [3.8, 4) is 5.88 Å². The molecule has 0 unspecified atom stereocenters. The third kappa shape index (κ3) is 9.36. The van der Waals surface area contributed by atoms with E-state index in [1.807, 2.05) is 18.3 Å². The van der Waals surface area contributed by atoms with Crippen LogP contribution in [0.3, 0.4) is 0 Å². The molecule has 0 fully saturated rings. The summed E-state index contributed by atoms with van der Waals surface area (Å²) in [5.41, 5.74) is 1.15. The molecular formula is C15H26N2O4. The van der Waals surface area contributed by atoms with Crippen LogP contribution in [0.4, 0.5) is 0 Å². The number of pyridine rings is 1. The SMILES string of the molecule is CCNCc1ccc(OCCOCCOCCOC)nc1. The number of ether oxygens (including phenoxy) is 4. The second kappa shape index (κ2) is 12.5. The minimum absolute atomic E-state index is 0.484. The maximum absolute atomic E-state index is 5.49. The summed E-state index contributed by atoms with van der Waals surface area (Å²) in [6.07, 6.45) is 1.82. The molecule has 6 heteroatoms. The van der Waals surface area contributed by atoms with Gasteiger partial charge in [-0.1, -0.05) is 13.0 Å². The minimum atomic E-state index is 0.484. The Labute approximate surface area is 126 Å². The smallest absolute Gasteiger partial charge is 0.213 e. The molecule has 1 heterocycles. The van der Waals surface area contributed by atoms with Crippen molar-refractivity contribution in [3.63, 3.8) is 0 Å². The molecule has 0 atom stereocenters. The van der Waals surface area contributed by atoms with Crippen LogP contribution in [0.2, 0.25) is 0 Å². The highest BCUT2D eigenvalue weighted by Crippen LogP contribution is 2.07. The molecule has 1 aromatic heterocycles. The number of hydrogen-bond acceptors (Lipinski definition) is 6. The Morgan fingerprint density at radius 1 is 1.00 bits per heavy atom. The van der Waals surface area contributed by atoms with Crippen molar-refractivity contribution in [1.82, 2.24) is 10.3 Å². The van der Waals surface area contributed by atoms with Crippen LogP contribution < -0.4 is 10.1 Å². The molecule has 0 saturated carbocycles. The first-order valence-electron chi connectivity index (χ1n) is 7.29. The Morgan fingerprint density at radius 3 is 2.33 bits per heavy atom. The molecule has 1 rings (SSSR count). The average Bonchev–Trinajstić information content (AvgIpc) is 2.52. The lowest BCUT2D eigenvalue weighted by Crippen LogP contribution is -2.13. The fraction of sp³-hybridized carbons (Fsp3) is 0.667. The molecule has 0 aromatic carbocycles. The monoisotopic (exact) mass is 298 g/mol. The Kier molecular flexibility index (Phi) is 10.6. The van der Waals surface area contributed by atoms with Crippen LogP contribution in [0.1, 0.15) is 12.5 Å². The van der Waals surface area contributed by atoms with E-state index in [-0.39, 0.29) is 0 Å². The zero-order valence-electron chi connectivity index (χ0n) is 13.0. The lowest BCUT2D eigenvalue weighted by Gasteiger charge is -2.08. The number of rotatable bonds is 13. The predicted octanol–water partition coefficient (Wildman–Crippen LogP) is 1.25. The summed E-state index contributed by atoms with van der Waals surface area (Å²) in [7, 11) is 1.65.